The molecule has 2 rings (SSSR count). The summed E-state index contributed by atoms with van der Waals surface area (Å²) in [5, 5.41) is -0.271. The van der Waals surface area contributed by atoms with E-state index in [4.69, 9.17) is 5.73 Å². The molecule has 0 aliphatic rings. The number of nitrogens with two attached hydrogens (primary N) is 1. The molecule has 0 bridgehead atoms. The molecule has 8 heteroatoms. The number of ketones is 1. The maximum Gasteiger partial charge on any atom is 0.332 e. The van der Waals surface area contributed by atoms with Crippen molar-refractivity contribution >= 4 is 23.4 Å². The molecular formula is C16H18FN3O3S. The van der Waals surface area contributed by atoms with E-state index in [1.165, 1.54) is 31.9 Å². The predicted octanol–water partition coefficient (Wildman–Crippen LogP) is 1.48. The lowest BCUT2D eigenvalue weighted by molar-refractivity contribution is 0.102. The minimum atomic E-state index is -0.722. The summed E-state index contributed by atoms with van der Waals surface area (Å²) in [6.07, 6.45) is 0. The quantitative estimate of drug-likeness (QED) is 0.825. The van der Waals surface area contributed by atoms with Crippen LogP contribution in [0.25, 0.3) is 0 Å². The van der Waals surface area contributed by atoms with Gasteiger partial charge in [-0.15, -0.1) is 11.8 Å². The molecule has 2 N–H and O–H groups in total. The number of Topliss-reactive ketones (excluding diaryl/α,β-unsaturated/α-hetero) is 1. The molecule has 1 aromatic carbocycles. The van der Waals surface area contributed by atoms with Crippen molar-refractivity contribution in [2.45, 2.75) is 12.2 Å². The Morgan fingerprint density at radius 1 is 1.25 bits per heavy atom. The number of nitrogens with zero attached hydrogens (tertiary/aromatic N) is 2. The number of benzene rings is 1. The Balaban J connectivity index is 2.24. The first-order chi connectivity index (χ1) is 11.3. The second kappa shape index (κ2) is 7.04. The SMILES string of the molecule is CC(SCC(=O)c1c(N)n(C)c(=O)n(C)c1=O)c1ccccc1F. The maximum absolute atomic E-state index is 13.8. The fourth-order valence-corrected chi connectivity index (χ4v) is 3.21. The molecule has 0 saturated carbocycles. The molecule has 0 aliphatic carbocycles. The van der Waals surface area contributed by atoms with Crippen LogP contribution < -0.4 is 17.0 Å². The Labute approximate surface area is 142 Å². The van der Waals surface area contributed by atoms with Gasteiger partial charge in [0.2, 0.25) is 0 Å². The van der Waals surface area contributed by atoms with E-state index in [-0.39, 0.29) is 28.2 Å². The number of aromatic nitrogens is 2. The number of carbonyl (C=O) groups excluding carboxylic acids is 1. The average molecular weight is 351 g/mol. The summed E-state index contributed by atoms with van der Waals surface area (Å²) in [6.45, 7) is 1.78. The first-order valence-corrected chi connectivity index (χ1v) is 8.25. The molecule has 128 valence electrons. The number of hydrogen-bond acceptors (Lipinski definition) is 5. The van der Waals surface area contributed by atoms with E-state index in [0.29, 0.717) is 5.56 Å². The van der Waals surface area contributed by atoms with Gasteiger partial charge in [-0.1, -0.05) is 18.2 Å². The highest BCUT2D eigenvalue weighted by molar-refractivity contribution is 8.00. The molecule has 1 atom stereocenters. The van der Waals surface area contributed by atoms with Crippen LogP contribution in [0, 0.1) is 5.82 Å². The Morgan fingerprint density at radius 3 is 2.50 bits per heavy atom. The van der Waals surface area contributed by atoms with E-state index in [9.17, 15) is 18.8 Å². The zero-order valence-corrected chi connectivity index (χ0v) is 14.4. The average Bonchev–Trinajstić information content (AvgIpc) is 2.56. The zero-order valence-electron chi connectivity index (χ0n) is 13.6. The van der Waals surface area contributed by atoms with Crippen molar-refractivity contribution in [3.63, 3.8) is 0 Å². The number of anilines is 1. The summed E-state index contributed by atoms with van der Waals surface area (Å²) in [6, 6.07) is 6.32. The van der Waals surface area contributed by atoms with Gasteiger partial charge in [-0.2, -0.15) is 0 Å². The van der Waals surface area contributed by atoms with Gasteiger partial charge in [0.1, 0.15) is 17.2 Å². The van der Waals surface area contributed by atoms with E-state index >= 15 is 0 Å². The van der Waals surface area contributed by atoms with Crippen molar-refractivity contribution in [2.24, 2.45) is 14.1 Å². The Hall–Kier alpha value is -2.35. The minimum absolute atomic E-state index is 0.0485. The summed E-state index contributed by atoms with van der Waals surface area (Å²) in [5.41, 5.74) is 4.70. The highest BCUT2D eigenvalue weighted by Gasteiger charge is 2.21. The highest BCUT2D eigenvalue weighted by Crippen LogP contribution is 2.30. The van der Waals surface area contributed by atoms with Crippen molar-refractivity contribution in [3.8, 4) is 0 Å². The standard InChI is InChI=1S/C16H18FN3O3S/c1-9(10-6-4-5-7-11(10)17)24-8-12(21)13-14(18)19(2)16(23)20(3)15(13)22/h4-7,9H,8,18H2,1-3H3. The predicted molar refractivity (Wildman–Crippen MR) is 92.9 cm³/mol. The van der Waals surface area contributed by atoms with E-state index in [1.807, 2.05) is 0 Å². The molecule has 0 radical (unpaired) electrons. The fourth-order valence-electron chi connectivity index (χ4n) is 2.29. The molecule has 0 aliphatic heterocycles. The van der Waals surface area contributed by atoms with Crippen LogP contribution >= 0.6 is 11.8 Å². The molecule has 0 spiro atoms. The van der Waals surface area contributed by atoms with Gasteiger partial charge in [0.15, 0.2) is 5.78 Å². The van der Waals surface area contributed by atoms with Gasteiger partial charge < -0.3 is 5.73 Å². The van der Waals surface area contributed by atoms with Crippen molar-refractivity contribution in [1.29, 1.82) is 0 Å². The van der Waals surface area contributed by atoms with Gasteiger partial charge in [0.25, 0.3) is 5.56 Å². The first kappa shape index (κ1) is 18.0. The molecule has 6 nitrogen and oxygen atoms in total. The molecule has 24 heavy (non-hydrogen) atoms. The molecule has 0 amide bonds. The summed E-state index contributed by atoms with van der Waals surface area (Å²) in [7, 11) is 2.68. The summed E-state index contributed by atoms with van der Waals surface area (Å²) in [5.74, 6) is -1.04. The Bertz CT molecular complexity index is 904. The Morgan fingerprint density at radius 2 is 1.88 bits per heavy atom. The molecular weight excluding hydrogens is 333 g/mol. The van der Waals surface area contributed by atoms with Crippen LogP contribution in [0.1, 0.15) is 28.1 Å². The van der Waals surface area contributed by atoms with Gasteiger partial charge in [0, 0.05) is 24.9 Å². The van der Waals surface area contributed by atoms with Gasteiger partial charge in [-0.3, -0.25) is 18.7 Å². The van der Waals surface area contributed by atoms with E-state index in [2.05, 4.69) is 0 Å². The van der Waals surface area contributed by atoms with Crippen LogP contribution in [0.2, 0.25) is 0 Å². The molecule has 1 heterocycles. The second-order valence-electron chi connectivity index (χ2n) is 5.36. The van der Waals surface area contributed by atoms with Crippen molar-refractivity contribution in [3.05, 3.63) is 62.0 Å². The lowest BCUT2D eigenvalue weighted by Crippen LogP contribution is -2.41. The van der Waals surface area contributed by atoms with Crippen molar-refractivity contribution in [1.82, 2.24) is 9.13 Å². The van der Waals surface area contributed by atoms with Gasteiger partial charge in [-0.25, -0.2) is 9.18 Å². The van der Waals surface area contributed by atoms with Crippen molar-refractivity contribution < 1.29 is 9.18 Å². The fraction of sp³-hybridized carbons (Fsp3) is 0.312. The number of nitrogen functional groups attached to an aromatic ring is 1. The zero-order chi connectivity index (χ0) is 18.0. The largest absolute Gasteiger partial charge is 0.384 e. The topological polar surface area (TPSA) is 87.1 Å². The number of carbonyl (C=O) groups is 1. The normalized spacial score (nSPS) is 12.2. The van der Waals surface area contributed by atoms with Crippen LogP contribution in [0.5, 0.6) is 0 Å². The lowest BCUT2D eigenvalue weighted by atomic mass is 10.1. The van der Waals surface area contributed by atoms with E-state index in [0.717, 1.165) is 9.13 Å². The molecule has 0 fully saturated rings. The second-order valence-corrected chi connectivity index (χ2v) is 6.69. The molecule has 2 aromatic rings. The smallest absolute Gasteiger partial charge is 0.332 e. The van der Waals surface area contributed by atoms with Crippen LogP contribution in [-0.4, -0.2) is 20.7 Å². The third-order valence-corrected chi connectivity index (χ3v) is 4.98. The van der Waals surface area contributed by atoms with E-state index < -0.39 is 17.0 Å². The summed E-state index contributed by atoms with van der Waals surface area (Å²) < 4.78 is 15.7. The number of halogens is 1. The van der Waals surface area contributed by atoms with Crippen LogP contribution in [-0.2, 0) is 14.1 Å². The van der Waals surface area contributed by atoms with Crippen molar-refractivity contribution in [2.75, 3.05) is 11.5 Å². The van der Waals surface area contributed by atoms with Gasteiger partial charge in [0.05, 0.1) is 5.75 Å². The molecule has 1 aromatic heterocycles. The number of hydrogen-bond donors (Lipinski definition) is 1. The monoisotopic (exact) mass is 351 g/mol. The minimum Gasteiger partial charge on any atom is -0.384 e. The summed E-state index contributed by atoms with van der Waals surface area (Å²) >= 11 is 1.20. The van der Waals surface area contributed by atoms with Crippen LogP contribution in [0.15, 0.2) is 33.9 Å². The first-order valence-electron chi connectivity index (χ1n) is 7.20. The third kappa shape index (κ3) is 3.28. The Kier molecular flexibility index (Phi) is 5.28. The van der Waals surface area contributed by atoms with Gasteiger partial charge in [-0.05, 0) is 13.0 Å². The lowest BCUT2D eigenvalue weighted by Gasteiger charge is -2.13. The highest BCUT2D eigenvalue weighted by atomic mass is 32.2. The van der Waals surface area contributed by atoms with E-state index in [1.54, 1.807) is 25.1 Å². The van der Waals surface area contributed by atoms with Crippen LogP contribution in [0.3, 0.4) is 0 Å². The summed E-state index contributed by atoms with van der Waals surface area (Å²) in [4.78, 5) is 36.3. The maximum atomic E-state index is 13.8. The molecule has 0 saturated heterocycles. The molecule has 1 unspecified atom stereocenters. The number of rotatable bonds is 5. The van der Waals surface area contributed by atoms with Gasteiger partial charge >= 0.3 is 5.69 Å². The third-order valence-electron chi connectivity index (χ3n) is 3.80. The number of thioether (sulfide) groups is 1. The van der Waals surface area contributed by atoms with Crippen LogP contribution in [0.4, 0.5) is 10.2 Å².